The Balaban J connectivity index is 2.56. The summed E-state index contributed by atoms with van der Waals surface area (Å²) in [5.74, 6) is -3.41. The fourth-order valence-electron chi connectivity index (χ4n) is 3.16. The number of ether oxygens (including phenoxy) is 3. The lowest BCUT2D eigenvalue weighted by Crippen LogP contribution is -2.44. The molecule has 8 nitrogen and oxygen atoms in total. The van der Waals surface area contributed by atoms with Gasteiger partial charge in [-0.3, -0.25) is 14.4 Å². The average Bonchev–Trinajstić information content (AvgIpc) is 2.73. The first kappa shape index (κ1) is 25.5. The van der Waals surface area contributed by atoms with Crippen molar-refractivity contribution in [1.29, 1.82) is 0 Å². The number of halogens is 3. The third-order valence-electron chi connectivity index (χ3n) is 5.01. The molecule has 176 valence electrons. The van der Waals surface area contributed by atoms with Gasteiger partial charge >= 0.3 is 12.1 Å². The number of hydrogen-bond donors (Lipinski definition) is 1. The normalized spacial score (nSPS) is 20.9. The number of carbonyl (C=O) groups is 3. The number of rotatable bonds is 8. The smallest absolute Gasteiger partial charge is 0.433 e. The molecule has 0 radical (unpaired) electrons. The molecule has 1 aromatic heterocycles. The summed E-state index contributed by atoms with van der Waals surface area (Å²) in [6.07, 6.45) is -5.10. The maximum Gasteiger partial charge on any atom is 0.433 e. The van der Waals surface area contributed by atoms with Gasteiger partial charge in [-0.2, -0.15) is 13.2 Å². The van der Waals surface area contributed by atoms with Crippen molar-refractivity contribution in [3.63, 3.8) is 0 Å². The van der Waals surface area contributed by atoms with Gasteiger partial charge in [0.1, 0.15) is 22.4 Å². The van der Waals surface area contributed by atoms with E-state index in [1.165, 1.54) is 14.0 Å². The van der Waals surface area contributed by atoms with E-state index in [2.05, 4.69) is 4.98 Å². The van der Waals surface area contributed by atoms with Gasteiger partial charge in [0.25, 0.3) is 0 Å². The van der Waals surface area contributed by atoms with E-state index >= 15 is 0 Å². The number of esters is 1. The van der Waals surface area contributed by atoms with Gasteiger partial charge in [0.05, 0.1) is 32.1 Å². The first-order valence-electron chi connectivity index (χ1n) is 9.80. The molecule has 1 unspecified atom stereocenters. The van der Waals surface area contributed by atoms with Crippen molar-refractivity contribution < 1.29 is 46.9 Å². The highest BCUT2D eigenvalue weighted by atomic mass is 19.4. The molecule has 0 bridgehead atoms. The Morgan fingerprint density at radius 3 is 2.53 bits per heavy atom. The number of allylic oxidation sites excluding steroid dienone is 1. The zero-order valence-corrected chi connectivity index (χ0v) is 17.9. The summed E-state index contributed by atoms with van der Waals surface area (Å²) in [4.78, 5) is 41.4. The molecule has 1 atom stereocenters. The Kier molecular flexibility index (Phi) is 8.13. The number of ketones is 2. The Hall–Kier alpha value is -2.79. The Morgan fingerprint density at radius 2 is 1.94 bits per heavy atom. The molecule has 1 fully saturated rings. The molecule has 0 aliphatic heterocycles. The van der Waals surface area contributed by atoms with Crippen molar-refractivity contribution in [3.05, 3.63) is 34.7 Å². The minimum Gasteiger partial charge on any atom is -0.506 e. The highest BCUT2D eigenvalue weighted by Crippen LogP contribution is 2.38. The van der Waals surface area contributed by atoms with Crippen molar-refractivity contribution in [1.82, 2.24) is 4.98 Å². The van der Waals surface area contributed by atoms with Gasteiger partial charge in [0.2, 0.25) is 0 Å². The van der Waals surface area contributed by atoms with Crippen molar-refractivity contribution in [2.75, 3.05) is 26.9 Å². The number of alkyl halides is 3. The highest BCUT2D eigenvalue weighted by Gasteiger charge is 2.50. The molecule has 1 aliphatic carbocycles. The maximum absolute atomic E-state index is 13.1. The lowest BCUT2D eigenvalue weighted by Gasteiger charge is -2.30. The van der Waals surface area contributed by atoms with E-state index in [1.807, 2.05) is 0 Å². The first-order chi connectivity index (χ1) is 15.0. The number of Topliss-reactive ketones (excluding diaryl/α,β-unsaturated/α-hetero) is 2. The zero-order chi connectivity index (χ0) is 24.1. The number of aromatic nitrogens is 1. The number of pyridine rings is 1. The van der Waals surface area contributed by atoms with Gasteiger partial charge in [0.15, 0.2) is 11.6 Å². The number of methoxy groups -OCH3 is 1. The van der Waals surface area contributed by atoms with Crippen molar-refractivity contribution in [2.45, 2.75) is 39.5 Å². The van der Waals surface area contributed by atoms with Crippen molar-refractivity contribution in [2.24, 2.45) is 5.41 Å². The van der Waals surface area contributed by atoms with Gasteiger partial charge in [-0.15, -0.1) is 0 Å². The van der Waals surface area contributed by atoms with E-state index in [1.54, 1.807) is 6.92 Å². The molecule has 1 heterocycles. The van der Waals surface area contributed by atoms with Crippen LogP contribution in [0.15, 0.2) is 17.7 Å². The van der Waals surface area contributed by atoms with Gasteiger partial charge in [-0.25, -0.2) is 4.98 Å². The Labute approximate surface area is 182 Å². The molecular formula is C21H24F3NO7. The fraction of sp³-hybridized carbons (Fsp3) is 0.524. The second kappa shape index (κ2) is 10.2. The van der Waals surface area contributed by atoms with Crippen LogP contribution in [0.3, 0.4) is 0 Å². The molecule has 2 rings (SSSR count). The van der Waals surface area contributed by atoms with Crippen LogP contribution in [0.1, 0.15) is 43.6 Å². The van der Waals surface area contributed by atoms with Crippen LogP contribution in [0.2, 0.25) is 0 Å². The number of nitrogens with zero attached hydrogens (tertiary/aromatic N) is 1. The topological polar surface area (TPSA) is 112 Å². The minimum atomic E-state index is -4.76. The average molecular weight is 459 g/mol. The van der Waals surface area contributed by atoms with Crippen LogP contribution in [0, 0.1) is 5.41 Å². The van der Waals surface area contributed by atoms with E-state index < -0.39 is 52.8 Å². The van der Waals surface area contributed by atoms with E-state index in [-0.39, 0.29) is 43.9 Å². The summed E-state index contributed by atoms with van der Waals surface area (Å²) in [7, 11) is 1.41. The van der Waals surface area contributed by atoms with E-state index in [4.69, 9.17) is 14.2 Å². The lowest BCUT2D eigenvalue weighted by molar-refractivity contribution is -0.159. The molecule has 1 aromatic rings. The molecule has 0 saturated heterocycles. The monoisotopic (exact) mass is 459 g/mol. The summed E-state index contributed by atoms with van der Waals surface area (Å²) in [5, 5.41) is 10.8. The third-order valence-corrected chi connectivity index (χ3v) is 5.01. The molecule has 0 aromatic carbocycles. The van der Waals surface area contributed by atoms with E-state index in [9.17, 15) is 32.7 Å². The number of hydrogen-bond acceptors (Lipinski definition) is 8. The third kappa shape index (κ3) is 5.33. The first-order valence-corrected chi connectivity index (χ1v) is 9.80. The summed E-state index contributed by atoms with van der Waals surface area (Å²) in [5.41, 5.74) is -4.22. The van der Waals surface area contributed by atoms with Crippen molar-refractivity contribution >= 4 is 23.3 Å². The van der Waals surface area contributed by atoms with Gasteiger partial charge in [-0.1, -0.05) is 0 Å². The molecule has 1 saturated carbocycles. The fourth-order valence-corrected chi connectivity index (χ4v) is 3.16. The second-order valence-corrected chi connectivity index (χ2v) is 7.26. The molecule has 11 heteroatoms. The van der Waals surface area contributed by atoms with Crippen LogP contribution in [0.25, 0.3) is 5.76 Å². The standard InChI is InChI=1S/C21H24F3NO7/c1-4-32-19(29)20(2)8-7-14(26)16(18(20)28)17(27)12-5-6-15(21(22,23)24)25-13(12)11-31-10-9-30-3/h5-6,27H,4,7-11H2,1-3H3. The Bertz CT molecular complexity index is 926. The molecule has 0 spiro atoms. The lowest BCUT2D eigenvalue weighted by atomic mass is 9.71. The Morgan fingerprint density at radius 1 is 1.25 bits per heavy atom. The molecule has 1 N–H and O–H groups in total. The molecule has 32 heavy (non-hydrogen) atoms. The van der Waals surface area contributed by atoms with E-state index in [0.29, 0.717) is 6.07 Å². The van der Waals surface area contributed by atoms with Gasteiger partial charge in [0, 0.05) is 19.1 Å². The quantitative estimate of drug-likeness (QED) is 0.158. The van der Waals surface area contributed by atoms with Gasteiger partial charge < -0.3 is 19.3 Å². The maximum atomic E-state index is 13.1. The molecule has 1 aliphatic rings. The van der Waals surface area contributed by atoms with Crippen molar-refractivity contribution in [3.8, 4) is 0 Å². The number of aliphatic hydroxyl groups excluding tert-OH is 1. The van der Waals surface area contributed by atoms with E-state index in [0.717, 1.165) is 6.07 Å². The van der Waals surface area contributed by atoms with Crippen LogP contribution in [-0.4, -0.2) is 54.6 Å². The second-order valence-electron chi connectivity index (χ2n) is 7.26. The highest BCUT2D eigenvalue weighted by molar-refractivity contribution is 6.31. The SMILES string of the molecule is CCOC(=O)C1(C)CCC(=O)C(=C(O)c2ccc(C(F)(F)F)nc2COCCOC)C1=O. The van der Waals surface area contributed by atoms with Crippen LogP contribution in [-0.2, 0) is 41.4 Å². The molecule has 0 amide bonds. The van der Waals surface area contributed by atoms with Crippen LogP contribution < -0.4 is 0 Å². The summed E-state index contributed by atoms with van der Waals surface area (Å²) >= 11 is 0. The summed E-state index contributed by atoms with van der Waals surface area (Å²) in [6, 6.07) is 1.52. The largest absolute Gasteiger partial charge is 0.506 e. The van der Waals surface area contributed by atoms with Gasteiger partial charge in [-0.05, 0) is 32.4 Å². The predicted octanol–water partition coefficient (Wildman–Crippen LogP) is 3.03. The van der Waals surface area contributed by atoms with Crippen LogP contribution in [0.4, 0.5) is 13.2 Å². The molecular weight excluding hydrogens is 435 g/mol. The predicted molar refractivity (Wildman–Crippen MR) is 104 cm³/mol. The zero-order valence-electron chi connectivity index (χ0n) is 17.9. The number of aliphatic hydroxyl groups is 1. The number of carbonyl (C=O) groups excluding carboxylic acids is 3. The van der Waals surface area contributed by atoms with Crippen LogP contribution in [0.5, 0.6) is 0 Å². The minimum absolute atomic E-state index is 0.00641. The summed E-state index contributed by atoms with van der Waals surface area (Å²) < 4.78 is 54.4. The summed E-state index contributed by atoms with van der Waals surface area (Å²) in [6.45, 7) is 2.61. The van der Waals surface area contributed by atoms with Crippen LogP contribution >= 0.6 is 0 Å².